The van der Waals surface area contributed by atoms with Gasteiger partial charge >= 0.3 is 0 Å². The minimum absolute atomic E-state index is 0.0349. The van der Waals surface area contributed by atoms with Crippen LogP contribution in [-0.2, 0) is 9.47 Å². The van der Waals surface area contributed by atoms with Crippen LogP contribution >= 0.6 is 11.3 Å². The van der Waals surface area contributed by atoms with Crippen molar-refractivity contribution in [3.8, 4) is 0 Å². The molecule has 0 aromatic carbocycles. The van der Waals surface area contributed by atoms with Gasteiger partial charge in [0.2, 0.25) is 6.29 Å². The molecule has 1 aliphatic rings. The summed E-state index contributed by atoms with van der Waals surface area (Å²) in [6.07, 6.45) is 1.52. The first-order valence-electron chi connectivity index (χ1n) is 4.22. The summed E-state index contributed by atoms with van der Waals surface area (Å²) in [5, 5.41) is 0.866. The second kappa shape index (κ2) is 3.71. The van der Waals surface area contributed by atoms with E-state index in [1.807, 2.05) is 6.92 Å². The van der Waals surface area contributed by atoms with E-state index >= 15 is 0 Å². The molecule has 0 amide bonds. The van der Waals surface area contributed by atoms with Crippen molar-refractivity contribution in [3.63, 3.8) is 0 Å². The van der Waals surface area contributed by atoms with Crippen LogP contribution in [-0.4, -0.2) is 18.2 Å². The van der Waals surface area contributed by atoms with E-state index in [0.717, 1.165) is 9.88 Å². The molecule has 2 heterocycles. The summed E-state index contributed by atoms with van der Waals surface area (Å²) in [7, 11) is 0. The highest BCUT2D eigenvalue weighted by Crippen LogP contribution is 2.28. The van der Waals surface area contributed by atoms with Crippen molar-refractivity contribution in [2.75, 3.05) is 13.2 Å². The molecule has 13 heavy (non-hydrogen) atoms. The van der Waals surface area contributed by atoms with Gasteiger partial charge in [-0.05, 0) is 6.92 Å². The molecular weight excluding hydrogens is 188 g/mol. The van der Waals surface area contributed by atoms with Crippen LogP contribution in [0.4, 0.5) is 0 Å². The standard InChI is InChI=1S/C8H12N2O2S/c1-5(9)6-4-10-7(13-6)8-11-2-3-12-8/h4-5,8H,2-3,9H2,1H3. The number of nitrogens with two attached hydrogens (primary N) is 1. The summed E-state index contributed by atoms with van der Waals surface area (Å²) >= 11 is 1.55. The van der Waals surface area contributed by atoms with Gasteiger partial charge < -0.3 is 15.2 Å². The summed E-state index contributed by atoms with van der Waals surface area (Å²) < 4.78 is 10.6. The van der Waals surface area contributed by atoms with Crippen molar-refractivity contribution in [2.45, 2.75) is 19.3 Å². The summed E-state index contributed by atoms with van der Waals surface area (Å²) in [6, 6.07) is 0.0349. The third-order valence-corrected chi connectivity index (χ3v) is 3.03. The Balaban J connectivity index is 2.12. The van der Waals surface area contributed by atoms with Gasteiger partial charge in [-0.15, -0.1) is 11.3 Å². The second-order valence-corrected chi connectivity index (χ2v) is 4.06. The molecule has 2 N–H and O–H groups in total. The van der Waals surface area contributed by atoms with Crippen molar-refractivity contribution in [2.24, 2.45) is 5.73 Å². The Labute approximate surface area is 80.7 Å². The molecule has 0 spiro atoms. The average Bonchev–Trinajstić information content (AvgIpc) is 2.75. The number of aromatic nitrogens is 1. The Morgan fingerprint density at radius 3 is 2.85 bits per heavy atom. The molecule has 1 saturated heterocycles. The first kappa shape index (κ1) is 9.08. The van der Waals surface area contributed by atoms with Gasteiger partial charge in [0.15, 0.2) is 0 Å². The molecule has 1 aromatic rings. The van der Waals surface area contributed by atoms with E-state index in [4.69, 9.17) is 15.2 Å². The van der Waals surface area contributed by atoms with E-state index in [2.05, 4.69) is 4.98 Å². The SMILES string of the molecule is CC(N)c1cnc(C2OCCO2)s1. The Morgan fingerprint density at radius 1 is 1.62 bits per heavy atom. The van der Waals surface area contributed by atoms with Crippen molar-refractivity contribution in [1.82, 2.24) is 4.98 Å². The van der Waals surface area contributed by atoms with E-state index in [1.165, 1.54) is 0 Å². The third kappa shape index (κ3) is 1.88. The monoisotopic (exact) mass is 200 g/mol. The molecule has 1 atom stereocenters. The largest absolute Gasteiger partial charge is 0.344 e. The topological polar surface area (TPSA) is 57.4 Å². The summed E-state index contributed by atoms with van der Waals surface area (Å²) in [4.78, 5) is 5.27. The minimum Gasteiger partial charge on any atom is -0.344 e. The van der Waals surface area contributed by atoms with Gasteiger partial charge in [0, 0.05) is 17.1 Å². The van der Waals surface area contributed by atoms with Crippen LogP contribution in [0, 0.1) is 0 Å². The van der Waals surface area contributed by atoms with Crippen LogP contribution in [0.5, 0.6) is 0 Å². The van der Waals surface area contributed by atoms with Gasteiger partial charge in [-0.2, -0.15) is 0 Å². The lowest BCUT2D eigenvalue weighted by Crippen LogP contribution is -2.01. The zero-order chi connectivity index (χ0) is 9.26. The van der Waals surface area contributed by atoms with Gasteiger partial charge in [-0.25, -0.2) is 4.98 Å². The van der Waals surface area contributed by atoms with Crippen LogP contribution in [0.25, 0.3) is 0 Å². The Hall–Kier alpha value is -0.490. The second-order valence-electron chi connectivity index (χ2n) is 2.96. The van der Waals surface area contributed by atoms with E-state index in [-0.39, 0.29) is 12.3 Å². The fraction of sp³-hybridized carbons (Fsp3) is 0.625. The number of nitrogens with zero attached hydrogens (tertiary/aromatic N) is 1. The van der Waals surface area contributed by atoms with Gasteiger partial charge in [0.1, 0.15) is 5.01 Å². The first-order valence-corrected chi connectivity index (χ1v) is 5.03. The molecule has 4 nitrogen and oxygen atoms in total. The lowest BCUT2D eigenvalue weighted by Gasteiger charge is -2.03. The maximum absolute atomic E-state index is 5.71. The molecule has 72 valence electrons. The zero-order valence-corrected chi connectivity index (χ0v) is 8.21. The first-order chi connectivity index (χ1) is 6.27. The quantitative estimate of drug-likeness (QED) is 0.779. The predicted octanol–water partition coefficient (Wildman–Crippen LogP) is 1.21. The lowest BCUT2D eigenvalue weighted by molar-refractivity contribution is -0.0442. The van der Waals surface area contributed by atoms with Gasteiger partial charge in [0.25, 0.3) is 0 Å². The van der Waals surface area contributed by atoms with E-state index in [1.54, 1.807) is 17.5 Å². The molecule has 5 heteroatoms. The van der Waals surface area contributed by atoms with Crippen molar-refractivity contribution < 1.29 is 9.47 Å². The summed E-state index contributed by atoms with van der Waals surface area (Å²) in [5.41, 5.74) is 5.71. The lowest BCUT2D eigenvalue weighted by atomic mass is 10.3. The molecule has 2 rings (SSSR count). The highest BCUT2D eigenvalue weighted by Gasteiger charge is 2.21. The number of hydrogen-bond acceptors (Lipinski definition) is 5. The van der Waals surface area contributed by atoms with Gasteiger partial charge in [0.05, 0.1) is 13.2 Å². The van der Waals surface area contributed by atoms with Crippen molar-refractivity contribution in [1.29, 1.82) is 0 Å². The van der Waals surface area contributed by atoms with E-state index < -0.39 is 0 Å². The minimum atomic E-state index is -0.266. The highest BCUT2D eigenvalue weighted by molar-refractivity contribution is 7.11. The zero-order valence-electron chi connectivity index (χ0n) is 7.40. The smallest absolute Gasteiger partial charge is 0.211 e. The Morgan fingerprint density at radius 2 is 2.31 bits per heavy atom. The number of ether oxygens (including phenoxy) is 2. The fourth-order valence-electron chi connectivity index (χ4n) is 1.12. The van der Waals surface area contributed by atoms with Crippen molar-refractivity contribution in [3.05, 3.63) is 16.1 Å². The average molecular weight is 200 g/mol. The van der Waals surface area contributed by atoms with Crippen LogP contribution in [0.1, 0.15) is 29.1 Å². The van der Waals surface area contributed by atoms with Crippen LogP contribution in [0.15, 0.2) is 6.20 Å². The number of rotatable bonds is 2. The van der Waals surface area contributed by atoms with Crippen LogP contribution in [0.2, 0.25) is 0 Å². The molecule has 1 aromatic heterocycles. The van der Waals surface area contributed by atoms with Crippen LogP contribution in [0.3, 0.4) is 0 Å². The molecule has 0 bridgehead atoms. The molecule has 0 radical (unpaired) electrons. The molecule has 0 saturated carbocycles. The maximum Gasteiger partial charge on any atom is 0.211 e. The highest BCUT2D eigenvalue weighted by atomic mass is 32.1. The van der Waals surface area contributed by atoms with Gasteiger partial charge in [-0.3, -0.25) is 0 Å². The fourth-order valence-corrected chi connectivity index (χ4v) is 1.99. The predicted molar refractivity (Wildman–Crippen MR) is 49.4 cm³/mol. The molecule has 1 fully saturated rings. The normalized spacial score (nSPS) is 20.8. The molecule has 1 aliphatic heterocycles. The number of hydrogen-bond donors (Lipinski definition) is 1. The molecule has 0 aliphatic carbocycles. The van der Waals surface area contributed by atoms with E-state index in [9.17, 15) is 0 Å². The van der Waals surface area contributed by atoms with Crippen molar-refractivity contribution >= 4 is 11.3 Å². The molecular formula is C8H12N2O2S. The maximum atomic E-state index is 5.71. The Kier molecular flexibility index (Phi) is 2.59. The van der Waals surface area contributed by atoms with Crippen LogP contribution < -0.4 is 5.73 Å². The summed E-state index contributed by atoms with van der Waals surface area (Å²) in [6.45, 7) is 3.24. The number of thiazole rings is 1. The Bertz CT molecular complexity index is 281. The molecule has 1 unspecified atom stereocenters. The summed E-state index contributed by atoms with van der Waals surface area (Å²) in [5.74, 6) is 0. The van der Waals surface area contributed by atoms with E-state index in [0.29, 0.717) is 13.2 Å². The van der Waals surface area contributed by atoms with Gasteiger partial charge in [-0.1, -0.05) is 0 Å². The third-order valence-electron chi connectivity index (χ3n) is 1.81.